The number of rotatable bonds is 7. The first-order chi connectivity index (χ1) is 13.2. The number of hydrogen-bond donors (Lipinski definition) is 0. The minimum absolute atomic E-state index is 0.180. The lowest BCUT2D eigenvalue weighted by Gasteiger charge is -2.10. The highest BCUT2D eigenvalue weighted by Crippen LogP contribution is 2.30. The highest BCUT2D eigenvalue weighted by atomic mass is 79.9. The molecule has 3 rings (SSSR count). The van der Waals surface area contributed by atoms with Crippen molar-refractivity contribution in [3.63, 3.8) is 0 Å². The molecule has 0 spiro atoms. The first-order valence-electron chi connectivity index (χ1n) is 8.57. The molecule has 0 heterocycles. The van der Waals surface area contributed by atoms with Crippen molar-refractivity contribution in [3.05, 3.63) is 77.3 Å². The zero-order valence-corrected chi connectivity index (χ0v) is 16.4. The molecule has 0 saturated heterocycles. The number of carbonyl (C=O) groups excluding carboxylic acids is 1. The van der Waals surface area contributed by atoms with Crippen molar-refractivity contribution < 1.29 is 19.0 Å². The maximum Gasteiger partial charge on any atom is 0.349 e. The van der Waals surface area contributed by atoms with Gasteiger partial charge in [-0.1, -0.05) is 36.4 Å². The lowest BCUT2D eigenvalue weighted by Crippen LogP contribution is -2.17. The van der Waals surface area contributed by atoms with Crippen molar-refractivity contribution in [2.24, 2.45) is 0 Å². The van der Waals surface area contributed by atoms with Gasteiger partial charge in [0, 0.05) is 0 Å². The van der Waals surface area contributed by atoms with E-state index in [1.807, 2.05) is 49.4 Å². The molecule has 0 atom stereocenters. The molecule has 27 heavy (non-hydrogen) atoms. The molecule has 0 unspecified atom stereocenters. The van der Waals surface area contributed by atoms with Crippen molar-refractivity contribution in [2.75, 3.05) is 13.2 Å². The van der Waals surface area contributed by atoms with E-state index in [2.05, 4.69) is 15.9 Å². The van der Waals surface area contributed by atoms with Crippen LogP contribution < -0.4 is 14.2 Å². The smallest absolute Gasteiger partial charge is 0.349 e. The summed E-state index contributed by atoms with van der Waals surface area (Å²) >= 11 is 3.46. The van der Waals surface area contributed by atoms with Crippen LogP contribution in [0.4, 0.5) is 0 Å². The Kier molecular flexibility index (Phi) is 6.49. The Labute approximate surface area is 166 Å². The van der Waals surface area contributed by atoms with Crippen LogP contribution in [0.3, 0.4) is 0 Å². The Bertz CT molecular complexity index is 892. The Morgan fingerprint density at radius 3 is 2.15 bits per heavy atom. The van der Waals surface area contributed by atoms with E-state index in [9.17, 15) is 4.79 Å². The molecular formula is C22H19BrO4. The second kappa shape index (κ2) is 9.24. The molecule has 138 valence electrons. The van der Waals surface area contributed by atoms with Gasteiger partial charge < -0.3 is 14.2 Å². The summed E-state index contributed by atoms with van der Waals surface area (Å²) < 4.78 is 16.9. The average molecular weight is 427 g/mol. The van der Waals surface area contributed by atoms with Crippen molar-refractivity contribution in [1.82, 2.24) is 0 Å². The third-order valence-electron chi connectivity index (χ3n) is 3.75. The van der Waals surface area contributed by atoms with Gasteiger partial charge in [-0.2, -0.15) is 0 Å². The van der Waals surface area contributed by atoms with Crippen molar-refractivity contribution in [1.29, 1.82) is 0 Å². The number of carbonyl (C=O) groups is 1. The Hall–Kier alpha value is -2.79. The summed E-state index contributed by atoms with van der Waals surface area (Å²) in [5.41, 5.74) is 2.13. The first kappa shape index (κ1) is 19.0. The third-order valence-corrected chi connectivity index (χ3v) is 4.37. The zero-order valence-electron chi connectivity index (χ0n) is 14.9. The largest absolute Gasteiger partial charge is 0.494 e. The predicted octanol–water partition coefficient (Wildman–Crippen LogP) is 5.50. The quantitative estimate of drug-likeness (QED) is 0.369. The number of halogens is 1. The molecule has 0 bridgehead atoms. The second-order valence-corrected chi connectivity index (χ2v) is 6.53. The normalized spacial score (nSPS) is 10.3. The molecule has 0 aliphatic heterocycles. The van der Waals surface area contributed by atoms with Crippen LogP contribution in [0.15, 0.2) is 77.3 Å². The summed E-state index contributed by atoms with van der Waals surface area (Å²) in [6.45, 7) is 2.34. The minimum Gasteiger partial charge on any atom is -0.494 e. The highest BCUT2D eigenvalue weighted by Gasteiger charge is 2.10. The van der Waals surface area contributed by atoms with Crippen molar-refractivity contribution >= 4 is 21.9 Å². The molecule has 3 aromatic carbocycles. The van der Waals surface area contributed by atoms with Crippen LogP contribution in [0, 0.1) is 0 Å². The highest BCUT2D eigenvalue weighted by molar-refractivity contribution is 9.10. The molecule has 5 heteroatoms. The fourth-order valence-corrected chi connectivity index (χ4v) is 2.95. The Morgan fingerprint density at radius 1 is 0.852 bits per heavy atom. The van der Waals surface area contributed by atoms with Gasteiger partial charge >= 0.3 is 5.97 Å². The molecule has 0 N–H and O–H groups in total. The summed E-state index contributed by atoms with van der Waals surface area (Å²) in [5.74, 6) is 1.32. The van der Waals surface area contributed by atoms with Crippen LogP contribution in [0.1, 0.15) is 6.92 Å². The SMILES string of the molecule is CCOc1ccc(OCC(=O)Oc2ccc(-c3ccccc3)cc2Br)cc1. The van der Waals surface area contributed by atoms with Gasteiger partial charge in [-0.05, 0) is 70.4 Å². The maximum atomic E-state index is 12.1. The third kappa shape index (κ3) is 5.34. The van der Waals surface area contributed by atoms with Crippen LogP contribution in [0.25, 0.3) is 11.1 Å². The molecule has 0 radical (unpaired) electrons. The molecule has 0 aromatic heterocycles. The number of hydrogen-bond acceptors (Lipinski definition) is 4. The standard InChI is InChI=1S/C22H19BrO4/c1-2-25-18-9-11-19(12-10-18)26-15-22(24)27-21-13-8-17(14-20(21)23)16-6-4-3-5-7-16/h3-14H,2,15H2,1H3. The molecule has 0 saturated carbocycles. The van der Waals surface area contributed by atoms with E-state index in [4.69, 9.17) is 14.2 Å². The van der Waals surface area contributed by atoms with Crippen LogP contribution in [-0.2, 0) is 4.79 Å². The lowest BCUT2D eigenvalue weighted by atomic mass is 10.1. The number of esters is 1. The Balaban J connectivity index is 1.57. The summed E-state index contributed by atoms with van der Waals surface area (Å²) in [4.78, 5) is 12.1. The summed E-state index contributed by atoms with van der Waals surface area (Å²) in [6, 6.07) is 22.7. The van der Waals surface area contributed by atoms with Gasteiger partial charge in [-0.3, -0.25) is 0 Å². The van der Waals surface area contributed by atoms with E-state index < -0.39 is 5.97 Å². The minimum atomic E-state index is -0.475. The van der Waals surface area contributed by atoms with Crippen LogP contribution >= 0.6 is 15.9 Å². The number of benzene rings is 3. The fraction of sp³-hybridized carbons (Fsp3) is 0.136. The van der Waals surface area contributed by atoms with E-state index in [1.54, 1.807) is 30.3 Å². The van der Waals surface area contributed by atoms with Crippen LogP contribution in [0.5, 0.6) is 17.2 Å². The summed E-state index contributed by atoms with van der Waals surface area (Å²) in [5, 5.41) is 0. The van der Waals surface area contributed by atoms with Crippen molar-refractivity contribution in [2.45, 2.75) is 6.92 Å². The molecular weight excluding hydrogens is 408 g/mol. The van der Waals surface area contributed by atoms with E-state index in [-0.39, 0.29) is 6.61 Å². The van der Waals surface area contributed by atoms with Gasteiger partial charge in [-0.25, -0.2) is 4.79 Å². The van der Waals surface area contributed by atoms with E-state index in [1.165, 1.54) is 0 Å². The van der Waals surface area contributed by atoms with Gasteiger partial charge in [0.25, 0.3) is 0 Å². The zero-order chi connectivity index (χ0) is 19.1. The van der Waals surface area contributed by atoms with E-state index in [0.717, 1.165) is 16.9 Å². The van der Waals surface area contributed by atoms with Gasteiger partial charge in [0.15, 0.2) is 6.61 Å². The second-order valence-electron chi connectivity index (χ2n) is 5.68. The summed E-state index contributed by atoms with van der Waals surface area (Å²) in [6.07, 6.45) is 0. The van der Waals surface area contributed by atoms with Crippen molar-refractivity contribution in [3.8, 4) is 28.4 Å². The maximum absolute atomic E-state index is 12.1. The van der Waals surface area contributed by atoms with Crippen LogP contribution in [-0.4, -0.2) is 19.2 Å². The van der Waals surface area contributed by atoms with Gasteiger partial charge in [0.1, 0.15) is 17.2 Å². The van der Waals surface area contributed by atoms with Gasteiger partial charge in [-0.15, -0.1) is 0 Å². The van der Waals surface area contributed by atoms with E-state index >= 15 is 0 Å². The Morgan fingerprint density at radius 2 is 1.52 bits per heavy atom. The fourth-order valence-electron chi connectivity index (χ4n) is 2.49. The number of ether oxygens (including phenoxy) is 3. The topological polar surface area (TPSA) is 44.8 Å². The van der Waals surface area contributed by atoms with E-state index in [0.29, 0.717) is 22.6 Å². The predicted molar refractivity (Wildman–Crippen MR) is 108 cm³/mol. The monoisotopic (exact) mass is 426 g/mol. The lowest BCUT2D eigenvalue weighted by molar-refractivity contribution is -0.136. The summed E-state index contributed by atoms with van der Waals surface area (Å²) in [7, 11) is 0. The molecule has 0 fully saturated rings. The molecule has 0 amide bonds. The first-order valence-corrected chi connectivity index (χ1v) is 9.36. The van der Waals surface area contributed by atoms with Gasteiger partial charge in [0.2, 0.25) is 0 Å². The van der Waals surface area contributed by atoms with Crippen LogP contribution in [0.2, 0.25) is 0 Å². The average Bonchev–Trinajstić information content (AvgIpc) is 2.70. The molecule has 0 aliphatic carbocycles. The molecule has 3 aromatic rings. The molecule has 4 nitrogen and oxygen atoms in total. The van der Waals surface area contributed by atoms with Gasteiger partial charge in [0.05, 0.1) is 11.1 Å². The molecule has 0 aliphatic rings.